The first-order valence-corrected chi connectivity index (χ1v) is 11.5. The van der Waals surface area contributed by atoms with Crippen molar-refractivity contribution in [2.45, 2.75) is 50.8 Å². The molecule has 2 aromatic carbocycles. The molecule has 1 aliphatic heterocycles. The molecule has 0 amide bonds. The molecule has 0 saturated heterocycles. The molecule has 1 saturated carbocycles. The highest BCUT2D eigenvalue weighted by Gasteiger charge is 2.35. The van der Waals surface area contributed by atoms with Crippen LogP contribution in [-0.4, -0.2) is 32.6 Å². The fourth-order valence-corrected chi connectivity index (χ4v) is 5.35. The van der Waals surface area contributed by atoms with Crippen LogP contribution >= 0.6 is 0 Å². The maximum Gasteiger partial charge on any atom is 0.338 e. The van der Waals surface area contributed by atoms with E-state index >= 15 is 0 Å². The van der Waals surface area contributed by atoms with Gasteiger partial charge in [-0.15, -0.1) is 0 Å². The van der Waals surface area contributed by atoms with Gasteiger partial charge in [0.1, 0.15) is 5.82 Å². The smallest absolute Gasteiger partial charge is 0.338 e. The molecule has 1 atom stereocenters. The predicted octanol–water partition coefficient (Wildman–Crippen LogP) is 5.29. The van der Waals surface area contributed by atoms with Crippen LogP contribution in [0.15, 0.2) is 54.6 Å². The van der Waals surface area contributed by atoms with Crippen molar-refractivity contribution in [2.75, 3.05) is 6.54 Å². The summed E-state index contributed by atoms with van der Waals surface area (Å²) >= 11 is 0. The lowest BCUT2D eigenvalue weighted by molar-refractivity contribution is 0.0692. The minimum absolute atomic E-state index is 0.0854. The fraction of sp³-hybridized carbons (Fsp3) is 0.333. The standard InChI is InChI=1S/C27H27FN2O3/c28-20-12-10-18(11-13-20)23-24-21(29-26(25(23)27(32)33)19-8-4-5-9-19)15-30(16-22(24)31)14-17-6-2-1-3-7-17/h1-3,6-7,10-13,19,22,31H,4-5,8-9,14-16H2,(H,32,33). The van der Waals surface area contributed by atoms with Crippen molar-refractivity contribution in [2.24, 2.45) is 0 Å². The van der Waals surface area contributed by atoms with Crippen LogP contribution in [0.4, 0.5) is 4.39 Å². The largest absolute Gasteiger partial charge is 0.478 e. The molecule has 0 radical (unpaired) electrons. The van der Waals surface area contributed by atoms with Crippen molar-refractivity contribution in [3.63, 3.8) is 0 Å². The molecule has 5 rings (SSSR count). The number of carboxylic acids is 1. The number of aromatic nitrogens is 1. The highest BCUT2D eigenvalue weighted by atomic mass is 19.1. The van der Waals surface area contributed by atoms with Crippen molar-refractivity contribution in [3.8, 4) is 11.1 Å². The summed E-state index contributed by atoms with van der Waals surface area (Å²) in [7, 11) is 0. The van der Waals surface area contributed by atoms with E-state index in [9.17, 15) is 19.4 Å². The predicted molar refractivity (Wildman–Crippen MR) is 123 cm³/mol. The first kappa shape index (κ1) is 21.7. The number of fused-ring (bicyclic) bond motifs is 1. The zero-order chi connectivity index (χ0) is 22.9. The molecule has 1 aromatic heterocycles. The molecule has 6 heteroatoms. The number of halogens is 1. The molecule has 2 N–H and O–H groups in total. The number of hydrogen-bond acceptors (Lipinski definition) is 4. The number of nitrogens with zero attached hydrogens (tertiary/aromatic N) is 2. The van der Waals surface area contributed by atoms with Crippen molar-refractivity contribution >= 4 is 5.97 Å². The summed E-state index contributed by atoms with van der Waals surface area (Å²) in [6.45, 7) is 1.57. The highest BCUT2D eigenvalue weighted by molar-refractivity contribution is 5.98. The van der Waals surface area contributed by atoms with Gasteiger partial charge in [0.05, 0.1) is 23.1 Å². The van der Waals surface area contributed by atoms with E-state index in [1.165, 1.54) is 12.1 Å². The molecule has 170 valence electrons. The fourth-order valence-electron chi connectivity index (χ4n) is 5.35. The second-order valence-electron chi connectivity index (χ2n) is 9.07. The van der Waals surface area contributed by atoms with Crippen LogP contribution in [0.2, 0.25) is 0 Å². The van der Waals surface area contributed by atoms with E-state index in [1.807, 2.05) is 18.2 Å². The molecule has 0 spiro atoms. The molecule has 2 heterocycles. The van der Waals surface area contributed by atoms with Gasteiger partial charge >= 0.3 is 5.97 Å². The van der Waals surface area contributed by atoms with Gasteiger partial charge in [-0.05, 0) is 36.1 Å². The van der Waals surface area contributed by atoms with E-state index in [1.54, 1.807) is 12.1 Å². The number of aliphatic hydroxyl groups is 1. The van der Waals surface area contributed by atoms with Crippen LogP contribution in [0, 0.1) is 5.82 Å². The number of benzene rings is 2. The van der Waals surface area contributed by atoms with Crippen LogP contribution in [0.3, 0.4) is 0 Å². The summed E-state index contributed by atoms with van der Waals surface area (Å²) in [5.41, 5.74) is 4.27. The number of hydrogen-bond donors (Lipinski definition) is 2. The lowest BCUT2D eigenvalue weighted by Crippen LogP contribution is -2.35. The van der Waals surface area contributed by atoms with Crippen molar-refractivity contribution in [1.82, 2.24) is 9.88 Å². The third-order valence-corrected chi connectivity index (χ3v) is 6.82. The SMILES string of the molecule is O=C(O)c1c(C2CCCC2)nc2c(c1-c1ccc(F)cc1)C(O)CN(Cc1ccccc1)C2. The lowest BCUT2D eigenvalue weighted by Gasteiger charge is -2.34. The first-order valence-electron chi connectivity index (χ1n) is 11.5. The van der Waals surface area contributed by atoms with Crippen LogP contribution in [-0.2, 0) is 13.1 Å². The van der Waals surface area contributed by atoms with Crippen molar-refractivity contribution in [1.29, 1.82) is 0 Å². The summed E-state index contributed by atoms with van der Waals surface area (Å²) in [4.78, 5) is 19.6. The molecule has 1 unspecified atom stereocenters. The second-order valence-corrected chi connectivity index (χ2v) is 9.07. The average molecular weight is 447 g/mol. The highest BCUT2D eigenvalue weighted by Crippen LogP contribution is 2.43. The normalized spacial score (nSPS) is 18.9. The Hall–Kier alpha value is -3.09. The first-order chi connectivity index (χ1) is 16.0. The van der Waals surface area contributed by atoms with Gasteiger partial charge < -0.3 is 10.2 Å². The van der Waals surface area contributed by atoms with E-state index in [0.29, 0.717) is 42.0 Å². The van der Waals surface area contributed by atoms with Gasteiger partial charge in [0.2, 0.25) is 0 Å². The number of rotatable bonds is 5. The van der Waals surface area contributed by atoms with Gasteiger partial charge in [-0.3, -0.25) is 9.88 Å². The molecule has 33 heavy (non-hydrogen) atoms. The van der Waals surface area contributed by atoms with E-state index in [2.05, 4.69) is 17.0 Å². The van der Waals surface area contributed by atoms with Gasteiger partial charge in [-0.25, -0.2) is 9.18 Å². The Morgan fingerprint density at radius 1 is 1.06 bits per heavy atom. The van der Waals surface area contributed by atoms with E-state index < -0.39 is 12.1 Å². The van der Waals surface area contributed by atoms with E-state index in [-0.39, 0.29) is 17.3 Å². The van der Waals surface area contributed by atoms with Crippen molar-refractivity contribution < 1.29 is 19.4 Å². The van der Waals surface area contributed by atoms with Crippen molar-refractivity contribution in [3.05, 3.63) is 88.5 Å². The summed E-state index contributed by atoms with van der Waals surface area (Å²) < 4.78 is 13.7. The molecule has 1 fully saturated rings. The van der Waals surface area contributed by atoms with E-state index in [0.717, 1.165) is 36.9 Å². The Balaban J connectivity index is 1.66. The van der Waals surface area contributed by atoms with Gasteiger partial charge in [0.25, 0.3) is 0 Å². The third-order valence-electron chi connectivity index (χ3n) is 6.82. The maximum absolute atomic E-state index is 13.7. The van der Waals surface area contributed by atoms with Crippen LogP contribution in [0.5, 0.6) is 0 Å². The van der Waals surface area contributed by atoms with Gasteiger partial charge in [-0.1, -0.05) is 55.3 Å². The number of carboxylic acid groups (broad SMARTS) is 1. The van der Waals surface area contributed by atoms with Crippen LogP contribution in [0.25, 0.3) is 11.1 Å². The zero-order valence-corrected chi connectivity index (χ0v) is 18.4. The summed E-state index contributed by atoms with van der Waals surface area (Å²) in [6.07, 6.45) is 3.03. The monoisotopic (exact) mass is 446 g/mol. The topological polar surface area (TPSA) is 73.7 Å². The summed E-state index contributed by atoms with van der Waals surface area (Å²) in [6, 6.07) is 15.9. The Labute approximate surface area is 192 Å². The molecular formula is C27H27FN2O3. The molecule has 0 bridgehead atoms. The molecule has 2 aliphatic rings. The Kier molecular flexibility index (Phi) is 5.96. The Morgan fingerprint density at radius 2 is 1.76 bits per heavy atom. The van der Waals surface area contributed by atoms with Gasteiger partial charge in [0.15, 0.2) is 0 Å². The Bertz CT molecular complexity index is 1160. The average Bonchev–Trinajstić information content (AvgIpc) is 3.34. The number of β-amino-alcohol motifs (C(OH)–C–C–N with tert-alkyl or cyclic N) is 1. The third kappa shape index (κ3) is 4.28. The molecule has 3 aromatic rings. The number of pyridine rings is 1. The quantitative estimate of drug-likeness (QED) is 0.557. The van der Waals surface area contributed by atoms with Crippen LogP contribution in [0.1, 0.15) is 70.6 Å². The lowest BCUT2D eigenvalue weighted by atomic mass is 9.84. The number of aliphatic hydroxyl groups excluding tert-OH is 1. The van der Waals surface area contributed by atoms with Crippen LogP contribution < -0.4 is 0 Å². The van der Waals surface area contributed by atoms with E-state index in [4.69, 9.17) is 4.98 Å². The Morgan fingerprint density at radius 3 is 2.42 bits per heavy atom. The minimum atomic E-state index is -1.05. The summed E-state index contributed by atoms with van der Waals surface area (Å²) in [5.74, 6) is -1.35. The molecule has 1 aliphatic carbocycles. The minimum Gasteiger partial charge on any atom is -0.478 e. The summed E-state index contributed by atoms with van der Waals surface area (Å²) in [5, 5.41) is 21.5. The zero-order valence-electron chi connectivity index (χ0n) is 18.4. The number of aromatic carboxylic acids is 1. The number of carbonyl (C=O) groups is 1. The molecule has 5 nitrogen and oxygen atoms in total. The van der Waals surface area contributed by atoms with Gasteiger partial charge in [-0.2, -0.15) is 0 Å². The molecular weight excluding hydrogens is 419 g/mol. The van der Waals surface area contributed by atoms with Gasteiger partial charge in [0, 0.05) is 36.7 Å². The maximum atomic E-state index is 13.7. The second kappa shape index (κ2) is 9.04.